The van der Waals surface area contributed by atoms with E-state index in [4.69, 9.17) is 14.2 Å². The van der Waals surface area contributed by atoms with E-state index < -0.39 is 0 Å². The molecule has 14 aromatic rings. The number of para-hydroxylation sites is 3. The van der Waals surface area contributed by atoms with Crippen LogP contribution in [0.25, 0.3) is 21.8 Å². The largest absolute Gasteiger partial charge is 0.497 e. The van der Waals surface area contributed by atoms with E-state index in [1.54, 1.807) is 45.6 Å². The molecule has 0 saturated heterocycles. The molecule has 0 bridgehead atoms. The molecular formula is C106H112F2N6O3. The summed E-state index contributed by atoms with van der Waals surface area (Å²) in [6, 6.07) is 102. The fourth-order valence-corrected chi connectivity index (χ4v) is 18.8. The fourth-order valence-electron chi connectivity index (χ4n) is 18.8. The van der Waals surface area contributed by atoms with Crippen molar-refractivity contribution in [3.63, 3.8) is 0 Å². The van der Waals surface area contributed by atoms with Gasteiger partial charge in [0.25, 0.3) is 0 Å². The molecule has 2 heterocycles. The van der Waals surface area contributed by atoms with Gasteiger partial charge in [-0.15, -0.1) is 0 Å². The standard InChI is InChI=1S/2C28H30N2O.C25H26FNO.C25H26FN/c2*1-31-23-13-11-21-12-14-28(26(25(21)18-23)17-20-7-3-2-4-8-20)29-16-15-22-19-30-27-10-6-5-9-24(22)27;1-28-25-9-5-3-7-20(25)17-27-24-15-12-19-6-2-4-8-22(19)23(24)16-18-10-13-21(26)14-11-18;1-18-6-2-3-8-21(18)17-27-25-15-12-20-7-4-5-9-23(20)24(25)16-19-10-13-22(26)14-11-19/h2*2-11,13,18-19,26,28-30H,12,14-17H2,1H3;2-11,13-14,23-24,27H,12,15-17H2,1H3;2-11,13-14,24-25,27H,12,15-17H2,1H3/t;;;24-,25?/m...1/s1. The molecule has 11 heteroatoms. The molecule has 0 radical (unpaired) electrons. The third-order valence-corrected chi connectivity index (χ3v) is 25.1. The molecule has 12 aromatic carbocycles. The van der Waals surface area contributed by atoms with Crippen molar-refractivity contribution in [2.24, 2.45) is 0 Å². The Kier molecular flexibility index (Phi) is 27.8. The van der Waals surface area contributed by atoms with Gasteiger partial charge in [-0.2, -0.15) is 0 Å². The quantitative estimate of drug-likeness (QED) is 0.0338. The molecule has 4 aliphatic rings. The van der Waals surface area contributed by atoms with Crippen LogP contribution in [0.15, 0.2) is 304 Å². The van der Waals surface area contributed by atoms with Crippen LogP contribution < -0.4 is 35.5 Å². The molecule has 18 rings (SSSR count). The highest BCUT2D eigenvalue weighted by molar-refractivity contribution is 5.84. The van der Waals surface area contributed by atoms with Crippen LogP contribution in [-0.4, -0.2) is 68.6 Å². The lowest BCUT2D eigenvalue weighted by atomic mass is 9.76. The molecule has 8 atom stereocenters. The number of benzene rings is 12. The van der Waals surface area contributed by atoms with Crippen LogP contribution in [0.3, 0.4) is 0 Å². The highest BCUT2D eigenvalue weighted by Crippen LogP contribution is 2.41. The molecule has 7 unspecified atom stereocenters. The van der Waals surface area contributed by atoms with Crippen molar-refractivity contribution in [1.29, 1.82) is 0 Å². The van der Waals surface area contributed by atoms with E-state index in [9.17, 15) is 8.78 Å². The van der Waals surface area contributed by atoms with Gasteiger partial charge in [-0.1, -0.05) is 224 Å². The van der Waals surface area contributed by atoms with Crippen molar-refractivity contribution in [2.45, 2.75) is 158 Å². The zero-order chi connectivity index (χ0) is 80.1. The number of methoxy groups -OCH3 is 3. The number of halogens is 2. The van der Waals surface area contributed by atoms with Gasteiger partial charge < -0.3 is 45.4 Å². The summed E-state index contributed by atoms with van der Waals surface area (Å²) in [7, 11) is 5.23. The van der Waals surface area contributed by atoms with Crippen LogP contribution >= 0.6 is 0 Å². The second kappa shape index (κ2) is 40.1. The van der Waals surface area contributed by atoms with E-state index >= 15 is 0 Å². The molecule has 6 N–H and O–H groups in total. The van der Waals surface area contributed by atoms with E-state index in [0.29, 0.717) is 47.8 Å². The van der Waals surface area contributed by atoms with Crippen LogP contribution in [-0.2, 0) is 77.3 Å². The Hall–Kier alpha value is -11.2. The van der Waals surface area contributed by atoms with Crippen LogP contribution in [0.5, 0.6) is 17.2 Å². The lowest BCUT2D eigenvalue weighted by Crippen LogP contribution is -2.40. The molecule has 0 saturated carbocycles. The smallest absolute Gasteiger partial charge is 0.123 e. The number of aromatic amines is 2. The first-order valence-corrected chi connectivity index (χ1v) is 42.3. The van der Waals surface area contributed by atoms with Gasteiger partial charge >= 0.3 is 0 Å². The third-order valence-electron chi connectivity index (χ3n) is 25.1. The SMILES string of the molecule is COc1ccc2c(c1)C(Cc1ccccc1)C(NCCc1c[nH]c3ccccc13)CC2.COc1ccc2c(c1)C(Cc1ccccc1)C(NCCc1c[nH]c3ccccc13)CC2.COc1ccccc1CNC1CCc2ccccc2C1Cc1ccc(F)cc1.Cc1ccccc1CNC1CCc2ccccc2[C@H]1Cc1ccc(F)cc1. The molecule has 0 fully saturated rings. The predicted octanol–water partition coefficient (Wildman–Crippen LogP) is 22.1. The lowest BCUT2D eigenvalue weighted by molar-refractivity contribution is 0.373. The van der Waals surface area contributed by atoms with Crippen LogP contribution in [0.1, 0.15) is 144 Å². The first-order valence-electron chi connectivity index (χ1n) is 42.3. The van der Waals surface area contributed by atoms with E-state index in [2.05, 4.69) is 275 Å². The van der Waals surface area contributed by atoms with Crippen molar-refractivity contribution in [2.75, 3.05) is 34.4 Å². The summed E-state index contributed by atoms with van der Waals surface area (Å²) in [5.41, 5.74) is 25.8. The van der Waals surface area contributed by atoms with E-state index in [-0.39, 0.29) is 11.6 Å². The van der Waals surface area contributed by atoms with Gasteiger partial charge in [0.05, 0.1) is 21.3 Å². The van der Waals surface area contributed by atoms with Gasteiger partial charge in [0, 0.05) is 101 Å². The predicted molar refractivity (Wildman–Crippen MR) is 477 cm³/mol. The zero-order valence-corrected chi connectivity index (χ0v) is 68.2. The topological polar surface area (TPSA) is 107 Å². The minimum Gasteiger partial charge on any atom is -0.497 e. The van der Waals surface area contributed by atoms with Crippen LogP contribution in [0.2, 0.25) is 0 Å². The number of H-pyrrole nitrogens is 2. The first-order chi connectivity index (χ1) is 57.6. The maximum Gasteiger partial charge on any atom is 0.123 e. The van der Waals surface area contributed by atoms with Crippen molar-refractivity contribution < 1.29 is 23.0 Å². The normalized spacial score (nSPS) is 18.4. The van der Waals surface area contributed by atoms with E-state index in [1.165, 1.54) is 129 Å². The Morgan fingerprint density at radius 3 is 1.13 bits per heavy atom. The second-order valence-electron chi connectivity index (χ2n) is 32.2. The molecule has 0 aliphatic heterocycles. The van der Waals surface area contributed by atoms with Gasteiger partial charge in [-0.05, 0) is 266 Å². The first kappa shape index (κ1) is 81.0. The molecular weight excluding hydrogens is 1440 g/mol. The summed E-state index contributed by atoms with van der Waals surface area (Å²) in [6.07, 6.45) is 19.3. The monoisotopic (exact) mass is 1550 g/mol. The number of hydrogen-bond donors (Lipinski definition) is 6. The molecule has 0 amide bonds. The van der Waals surface area contributed by atoms with E-state index in [1.807, 2.05) is 42.5 Å². The zero-order valence-electron chi connectivity index (χ0n) is 68.2. The van der Waals surface area contributed by atoms with E-state index in [0.717, 1.165) is 120 Å². The van der Waals surface area contributed by atoms with Gasteiger partial charge in [0.15, 0.2) is 0 Å². The highest BCUT2D eigenvalue weighted by atomic mass is 19.1. The summed E-state index contributed by atoms with van der Waals surface area (Å²) in [5, 5.41) is 18.1. The average molecular weight is 1560 g/mol. The molecule has 4 aliphatic carbocycles. The fraction of sp³-hybridized carbons (Fsp3) is 0.283. The Bertz CT molecular complexity index is 5290. The second-order valence-corrected chi connectivity index (χ2v) is 32.2. The Balaban J connectivity index is 0.000000122. The van der Waals surface area contributed by atoms with Crippen molar-refractivity contribution in [3.05, 3.63) is 410 Å². The highest BCUT2D eigenvalue weighted by Gasteiger charge is 2.34. The number of nitrogens with one attached hydrogen (secondary N) is 6. The Morgan fingerprint density at radius 1 is 0.325 bits per heavy atom. The van der Waals surface area contributed by atoms with Crippen molar-refractivity contribution in [3.8, 4) is 17.2 Å². The number of rotatable bonds is 25. The molecule has 117 heavy (non-hydrogen) atoms. The van der Waals surface area contributed by atoms with Crippen LogP contribution in [0.4, 0.5) is 8.78 Å². The molecule has 0 spiro atoms. The number of fused-ring (bicyclic) bond motifs is 6. The summed E-state index contributed by atoms with van der Waals surface area (Å²) >= 11 is 0. The summed E-state index contributed by atoms with van der Waals surface area (Å²) in [5.74, 6) is 4.15. The summed E-state index contributed by atoms with van der Waals surface area (Å²) in [4.78, 5) is 6.80. The van der Waals surface area contributed by atoms with Gasteiger partial charge in [-0.3, -0.25) is 0 Å². The number of aryl methyl sites for hydroxylation is 5. The van der Waals surface area contributed by atoms with Crippen molar-refractivity contribution in [1.82, 2.24) is 31.2 Å². The summed E-state index contributed by atoms with van der Waals surface area (Å²) in [6.45, 7) is 5.80. The number of hydrogen-bond acceptors (Lipinski definition) is 7. The molecule has 2 aromatic heterocycles. The average Bonchev–Trinajstić information content (AvgIpc) is 1.72. The molecule has 9 nitrogen and oxygen atoms in total. The Labute approximate surface area is 691 Å². The minimum absolute atomic E-state index is 0.169. The number of aromatic nitrogens is 2. The van der Waals surface area contributed by atoms with Gasteiger partial charge in [0.2, 0.25) is 0 Å². The lowest BCUT2D eigenvalue weighted by Gasteiger charge is -2.35. The number of ether oxygens (including phenoxy) is 3. The Morgan fingerprint density at radius 2 is 0.684 bits per heavy atom. The van der Waals surface area contributed by atoms with Crippen molar-refractivity contribution >= 4 is 21.8 Å². The molecule has 598 valence electrons. The minimum atomic E-state index is -0.182. The maximum absolute atomic E-state index is 13.3. The van der Waals surface area contributed by atoms with Crippen LogP contribution in [0, 0.1) is 18.6 Å². The third kappa shape index (κ3) is 20.8. The van der Waals surface area contributed by atoms with Gasteiger partial charge in [0.1, 0.15) is 28.9 Å². The summed E-state index contributed by atoms with van der Waals surface area (Å²) < 4.78 is 43.3. The van der Waals surface area contributed by atoms with Gasteiger partial charge in [-0.25, -0.2) is 8.78 Å². The maximum atomic E-state index is 13.3.